The van der Waals surface area contributed by atoms with Gasteiger partial charge in [0.15, 0.2) is 11.0 Å². The Kier molecular flexibility index (Phi) is 5.43. The van der Waals surface area contributed by atoms with Gasteiger partial charge in [-0.3, -0.25) is 9.36 Å². The van der Waals surface area contributed by atoms with Crippen LogP contribution in [0.1, 0.15) is 19.8 Å². The van der Waals surface area contributed by atoms with Gasteiger partial charge in [-0.15, -0.1) is 10.2 Å². The number of nitrogens with two attached hydrogens (primary N) is 1. The molecule has 8 heteroatoms. The highest BCUT2D eigenvalue weighted by Gasteiger charge is 2.23. The van der Waals surface area contributed by atoms with E-state index < -0.39 is 0 Å². The first kappa shape index (κ1) is 17.3. The molecule has 0 spiro atoms. The molecular formula is C16H19ClN4O2S. The van der Waals surface area contributed by atoms with E-state index in [2.05, 4.69) is 10.2 Å². The van der Waals surface area contributed by atoms with E-state index in [9.17, 15) is 4.79 Å². The third-order valence-corrected chi connectivity index (χ3v) is 5.26. The van der Waals surface area contributed by atoms with E-state index in [0.29, 0.717) is 16.7 Å². The van der Waals surface area contributed by atoms with Crippen LogP contribution in [0.4, 0.5) is 0 Å². The average molecular weight is 367 g/mol. The number of amides is 1. The summed E-state index contributed by atoms with van der Waals surface area (Å²) in [4.78, 5) is 11.4. The lowest BCUT2D eigenvalue weighted by Gasteiger charge is -2.15. The van der Waals surface area contributed by atoms with Crippen LogP contribution in [-0.4, -0.2) is 38.6 Å². The van der Waals surface area contributed by atoms with Crippen molar-refractivity contribution in [1.82, 2.24) is 14.8 Å². The zero-order valence-corrected chi connectivity index (χ0v) is 14.9. The molecule has 1 fully saturated rings. The van der Waals surface area contributed by atoms with Gasteiger partial charge in [0.1, 0.15) is 0 Å². The minimum absolute atomic E-state index is 0.135. The molecule has 0 saturated carbocycles. The second kappa shape index (κ2) is 7.55. The fourth-order valence-corrected chi connectivity index (χ4v) is 3.50. The number of ether oxygens (including phenoxy) is 1. The van der Waals surface area contributed by atoms with Crippen LogP contribution in [-0.2, 0) is 16.1 Å². The van der Waals surface area contributed by atoms with Crippen molar-refractivity contribution < 1.29 is 9.53 Å². The summed E-state index contributed by atoms with van der Waals surface area (Å²) in [6, 6.07) is 7.45. The van der Waals surface area contributed by atoms with Crippen LogP contribution in [0.3, 0.4) is 0 Å². The van der Waals surface area contributed by atoms with Gasteiger partial charge in [-0.25, -0.2) is 0 Å². The number of benzene rings is 1. The van der Waals surface area contributed by atoms with E-state index in [4.69, 9.17) is 22.1 Å². The lowest BCUT2D eigenvalue weighted by molar-refractivity contribution is -0.117. The maximum Gasteiger partial charge on any atom is 0.230 e. The van der Waals surface area contributed by atoms with Crippen molar-refractivity contribution in [1.29, 1.82) is 0 Å². The molecule has 1 aromatic carbocycles. The minimum atomic E-state index is -0.379. The summed E-state index contributed by atoms with van der Waals surface area (Å²) in [5.41, 5.74) is 6.30. The van der Waals surface area contributed by atoms with E-state index in [1.54, 1.807) is 6.92 Å². The Balaban J connectivity index is 1.93. The number of nitrogens with zero attached hydrogens (tertiary/aromatic N) is 3. The Bertz CT molecular complexity index is 713. The molecule has 3 rings (SSSR count). The zero-order chi connectivity index (χ0) is 17.1. The fourth-order valence-electron chi connectivity index (χ4n) is 2.56. The number of aromatic nitrogens is 3. The van der Waals surface area contributed by atoms with Crippen LogP contribution >= 0.6 is 23.4 Å². The molecule has 1 aliphatic heterocycles. The molecular weight excluding hydrogens is 348 g/mol. The highest BCUT2D eigenvalue weighted by molar-refractivity contribution is 8.00. The number of carbonyl (C=O) groups is 1. The van der Waals surface area contributed by atoms with Crippen molar-refractivity contribution in [2.45, 2.75) is 42.8 Å². The zero-order valence-electron chi connectivity index (χ0n) is 13.3. The second-order valence-electron chi connectivity index (χ2n) is 5.72. The lowest BCUT2D eigenvalue weighted by Crippen LogP contribution is -2.23. The van der Waals surface area contributed by atoms with Crippen molar-refractivity contribution in [2.24, 2.45) is 5.73 Å². The summed E-state index contributed by atoms with van der Waals surface area (Å²) in [6.45, 7) is 3.20. The predicted molar refractivity (Wildman–Crippen MR) is 94.0 cm³/mol. The Hall–Kier alpha value is -1.57. The first-order valence-electron chi connectivity index (χ1n) is 7.81. The van der Waals surface area contributed by atoms with E-state index in [-0.39, 0.29) is 17.3 Å². The molecule has 24 heavy (non-hydrogen) atoms. The van der Waals surface area contributed by atoms with E-state index in [0.717, 1.165) is 30.8 Å². The number of carbonyl (C=O) groups excluding carboxylic acids is 1. The smallest absolute Gasteiger partial charge is 0.230 e. The molecule has 2 heterocycles. The van der Waals surface area contributed by atoms with Crippen molar-refractivity contribution >= 4 is 29.3 Å². The van der Waals surface area contributed by atoms with Gasteiger partial charge in [0.2, 0.25) is 5.91 Å². The van der Waals surface area contributed by atoms with Crippen LogP contribution in [0.15, 0.2) is 29.4 Å². The largest absolute Gasteiger partial charge is 0.376 e. The Morgan fingerprint density at radius 3 is 2.83 bits per heavy atom. The number of halogens is 1. The highest BCUT2D eigenvalue weighted by atomic mass is 35.5. The van der Waals surface area contributed by atoms with Gasteiger partial charge in [-0.05, 0) is 44.0 Å². The van der Waals surface area contributed by atoms with Crippen LogP contribution in [0.2, 0.25) is 5.02 Å². The maximum absolute atomic E-state index is 11.4. The molecule has 1 saturated heterocycles. The average Bonchev–Trinajstić information content (AvgIpc) is 3.19. The number of rotatable bonds is 6. The molecule has 0 bridgehead atoms. The first-order valence-corrected chi connectivity index (χ1v) is 9.07. The van der Waals surface area contributed by atoms with Gasteiger partial charge in [-0.2, -0.15) is 0 Å². The Labute approximate surface area is 149 Å². The van der Waals surface area contributed by atoms with Crippen molar-refractivity contribution in [3.05, 3.63) is 29.3 Å². The summed E-state index contributed by atoms with van der Waals surface area (Å²) >= 11 is 7.28. The van der Waals surface area contributed by atoms with Gasteiger partial charge in [0.05, 0.1) is 17.9 Å². The Morgan fingerprint density at radius 2 is 2.21 bits per heavy atom. The summed E-state index contributed by atoms with van der Waals surface area (Å²) < 4.78 is 7.75. The third-order valence-electron chi connectivity index (χ3n) is 3.91. The predicted octanol–water partition coefficient (Wildman–Crippen LogP) is 2.74. The highest BCUT2D eigenvalue weighted by Crippen LogP contribution is 2.29. The molecule has 1 amide bonds. The van der Waals surface area contributed by atoms with Gasteiger partial charge < -0.3 is 10.5 Å². The quantitative estimate of drug-likeness (QED) is 0.795. The minimum Gasteiger partial charge on any atom is -0.376 e. The van der Waals surface area contributed by atoms with Gasteiger partial charge in [-0.1, -0.05) is 23.4 Å². The van der Waals surface area contributed by atoms with E-state index >= 15 is 0 Å². The molecule has 1 aliphatic rings. The van der Waals surface area contributed by atoms with E-state index in [1.165, 1.54) is 11.8 Å². The third kappa shape index (κ3) is 3.91. The summed E-state index contributed by atoms with van der Waals surface area (Å²) in [5.74, 6) is 0.362. The molecule has 2 N–H and O–H groups in total. The topological polar surface area (TPSA) is 83.0 Å². The molecule has 0 aliphatic carbocycles. The summed E-state index contributed by atoms with van der Waals surface area (Å²) in [7, 11) is 0. The normalized spacial score (nSPS) is 18.7. The van der Waals surface area contributed by atoms with E-state index in [1.807, 2.05) is 28.8 Å². The first-order chi connectivity index (χ1) is 11.5. The molecule has 128 valence electrons. The molecule has 1 aromatic heterocycles. The SMILES string of the molecule is C[C@@H](Sc1nnc(-c2ccc(Cl)cc2)n1C[C@H]1CCCO1)C(N)=O. The number of hydrogen-bond donors (Lipinski definition) is 1. The summed E-state index contributed by atoms with van der Waals surface area (Å²) in [6.07, 6.45) is 2.20. The molecule has 0 unspecified atom stereocenters. The maximum atomic E-state index is 11.4. The molecule has 6 nitrogen and oxygen atoms in total. The number of hydrogen-bond acceptors (Lipinski definition) is 5. The molecule has 0 radical (unpaired) electrons. The number of primary amides is 1. The van der Waals surface area contributed by atoms with Gasteiger partial charge in [0.25, 0.3) is 0 Å². The van der Waals surface area contributed by atoms with Crippen molar-refractivity contribution in [3.8, 4) is 11.4 Å². The van der Waals surface area contributed by atoms with Crippen LogP contribution in [0.5, 0.6) is 0 Å². The fraction of sp³-hybridized carbons (Fsp3) is 0.438. The van der Waals surface area contributed by atoms with Crippen molar-refractivity contribution in [2.75, 3.05) is 6.61 Å². The van der Waals surface area contributed by atoms with Gasteiger partial charge >= 0.3 is 0 Å². The lowest BCUT2D eigenvalue weighted by atomic mass is 10.2. The standard InChI is InChI=1S/C16H19ClN4O2S/c1-10(14(18)22)24-16-20-19-15(11-4-6-12(17)7-5-11)21(16)9-13-3-2-8-23-13/h4-7,10,13H,2-3,8-9H2,1H3,(H2,18,22)/t10-,13-/m1/s1. The van der Waals surface area contributed by atoms with Gasteiger partial charge in [0, 0.05) is 17.2 Å². The second-order valence-corrected chi connectivity index (χ2v) is 7.47. The van der Waals surface area contributed by atoms with Crippen LogP contribution in [0.25, 0.3) is 11.4 Å². The number of thioether (sulfide) groups is 1. The molecule has 2 atom stereocenters. The summed E-state index contributed by atoms with van der Waals surface area (Å²) in [5, 5.41) is 9.53. The van der Waals surface area contributed by atoms with Crippen molar-refractivity contribution in [3.63, 3.8) is 0 Å². The Morgan fingerprint density at radius 1 is 1.46 bits per heavy atom. The monoisotopic (exact) mass is 366 g/mol. The van der Waals surface area contributed by atoms with Crippen LogP contribution < -0.4 is 5.73 Å². The van der Waals surface area contributed by atoms with Crippen LogP contribution in [0, 0.1) is 0 Å². The molecule has 2 aromatic rings.